The monoisotopic (exact) mass is 464 g/mol. The number of amides is 1. The van der Waals surface area contributed by atoms with E-state index in [2.05, 4.69) is 36.3 Å². The van der Waals surface area contributed by atoms with Crippen LogP contribution in [0.5, 0.6) is 0 Å². The van der Waals surface area contributed by atoms with E-state index >= 15 is 0 Å². The van der Waals surface area contributed by atoms with Gasteiger partial charge in [-0.25, -0.2) is 0 Å². The molecule has 0 aliphatic carbocycles. The van der Waals surface area contributed by atoms with Crippen LogP contribution in [-0.2, 0) is 0 Å². The maximum atomic E-state index is 11.8. The van der Waals surface area contributed by atoms with Gasteiger partial charge in [-0.1, -0.05) is 19.9 Å². The van der Waals surface area contributed by atoms with Gasteiger partial charge in [-0.15, -0.1) is 35.3 Å². The quantitative estimate of drug-likeness (QED) is 0.294. The molecule has 136 valence electrons. The zero-order chi connectivity index (χ0) is 16.7. The van der Waals surface area contributed by atoms with Gasteiger partial charge in [0.2, 0.25) is 0 Å². The van der Waals surface area contributed by atoms with Crippen molar-refractivity contribution in [2.24, 2.45) is 10.4 Å². The Bertz CT molecular complexity index is 531. The first kappa shape index (κ1) is 21.2. The highest BCUT2D eigenvalue weighted by atomic mass is 127. The van der Waals surface area contributed by atoms with Gasteiger partial charge < -0.3 is 15.5 Å². The Labute approximate surface area is 166 Å². The maximum absolute atomic E-state index is 11.8. The molecule has 0 spiro atoms. The molecule has 2 rings (SSSR count). The molecular weight excluding hydrogens is 435 g/mol. The average molecular weight is 464 g/mol. The van der Waals surface area contributed by atoms with Crippen molar-refractivity contribution >= 4 is 47.2 Å². The second-order valence-electron chi connectivity index (χ2n) is 6.66. The number of halogens is 1. The zero-order valence-corrected chi connectivity index (χ0v) is 17.9. The summed E-state index contributed by atoms with van der Waals surface area (Å²) in [7, 11) is 0. The normalized spacial score (nSPS) is 16.6. The number of aliphatic imine (C=N–C) groups is 1. The standard InChI is InChI=1S/C17H28N4OS.HI/c1-4-18-16(21-11-8-17(2,3)13-21)20-10-6-9-19-15(22)14-7-5-12-23-14;/h5,7,12H,4,6,8-11,13H2,1-3H3,(H,18,20)(H,19,22);1H. The van der Waals surface area contributed by atoms with Gasteiger partial charge in [0, 0.05) is 32.7 Å². The van der Waals surface area contributed by atoms with E-state index in [4.69, 9.17) is 4.99 Å². The summed E-state index contributed by atoms with van der Waals surface area (Å²) in [4.78, 5) is 19.6. The van der Waals surface area contributed by atoms with E-state index in [9.17, 15) is 4.79 Å². The first-order valence-electron chi connectivity index (χ1n) is 8.37. The Morgan fingerprint density at radius 1 is 1.42 bits per heavy atom. The van der Waals surface area contributed by atoms with Gasteiger partial charge in [-0.2, -0.15) is 0 Å². The number of guanidine groups is 1. The van der Waals surface area contributed by atoms with Crippen LogP contribution in [0.25, 0.3) is 0 Å². The van der Waals surface area contributed by atoms with Gasteiger partial charge in [0.25, 0.3) is 5.91 Å². The topological polar surface area (TPSA) is 56.7 Å². The Kier molecular flexibility index (Phi) is 9.04. The molecule has 0 bridgehead atoms. The summed E-state index contributed by atoms with van der Waals surface area (Å²) in [6.45, 7) is 11.1. The molecule has 1 aromatic rings. The molecule has 2 N–H and O–H groups in total. The van der Waals surface area contributed by atoms with Crippen LogP contribution in [0.1, 0.15) is 43.3 Å². The third-order valence-corrected chi connectivity index (χ3v) is 4.81. The molecule has 24 heavy (non-hydrogen) atoms. The van der Waals surface area contributed by atoms with Crippen LogP contribution < -0.4 is 10.6 Å². The molecule has 0 atom stereocenters. The lowest BCUT2D eigenvalue weighted by Gasteiger charge is -2.23. The van der Waals surface area contributed by atoms with Crippen LogP contribution >= 0.6 is 35.3 Å². The largest absolute Gasteiger partial charge is 0.357 e. The summed E-state index contributed by atoms with van der Waals surface area (Å²) < 4.78 is 0. The van der Waals surface area contributed by atoms with E-state index in [1.165, 1.54) is 17.8 Å². The van der Waals surface area contributed by atoms with E-state index in [0.717, 1.165) is 43.4 Å². The zero-order valence-electron chi connectivity index (χ0n) is 14.8. The predicted molar refractivity (Wildman–Crippen MR) is 113 cm³/mol. The molecule has 1 saturated heterocycles. The summed E-state index contributed by atoms with van der Waals surface area (Å²) in [6, 6.07) is 3.74. The third-order valence-electron chi connectivity index (χ3n) is 3.94. The van der Waals surface area contributed by atoms with Crippen molar-refractivity contribution in [3.8, 4) is 0 Å². The molecule has 0 aromatic carbocycles. The summed E-state index contributed by atoms with van der Waals surface area (Å²) in [5, 5.41) is 8.23. The summed E-state index contributed by atoms with van der Waals surface area (Å²) >= 11 is 1.47. The second-order valence-corrected chi connectivity index (χ2v) is 7.61. The van der Waals surface area contributed by atoms with E-state index in [-0.39, 0.29) is 29.9 Å². The third kappa shape index (κ3) is 6.58. The number of hydrogen-bond donors (Lipinski definition) is 2. The highest BCUT2D eigenvalue weighted by molar-refractivity contribution is 14.0. The van der Waals surface area contributed by atoms with E-state index in [0.29, 0.717) is 12.0 Å². The molecule has 7 heteroatoms. The van der Waals surface area contributed by atoms with Crippen molar-refractivity contribution in [1.82, 2.24) is 15.5 Å². The molecule has 0 saturated carbocycles. The Morgan fingerprint density at radius 3 is 2.79 bits per heavy atom. The highest BCUT2D eigenvalue weighted by Gasteiger charge is 2.30. The van der Waals surface area contributed by atoms with Crippen LogP contribution in [0, 0.1) is 5.41 Å². The number of rotatable bonds is 6. The molecule has 2 heterocycles. The van der Waals surface area contributed by atoms with Gasteiger partial charge in [0.15, 0.2) is 5.96 Å². The highest BCUT2D eigenvalue weighted by Crippen LogP contribution is 2.28. The molecule has 1 amide bonds. The van der Waals surface area contributed by atoms with Gasteiger partial charge in [0.05, 0.1) is 4.88 Å². The van der Waals surface area contributed by atoms with Crippen molar-refractivity contribution < 1.29 is 4.79 Å². The van der Waals surface area contributed by atoms with E-state index < -0.39 is 0 Å². The number of carbonyl (C=O) groups is 1. The fraction of sp³-hybridized carbons (Fsp3) is 0.647. The first-order chi connectivity index (χ1) is 11.0. The molecule has 1 aliphatic heterocycles. The lowest BCUT2D eigenvalue weighted by molar-refractivity contribution is 0.0957. The lowest BCUT2D eigenvalue weighted by atomic mass is 9.93. The lowest BCUT2D eigenvalue weighted by Crippen LogP contribution is -2.41. The first-order valence-corrected chi connectivity index (χ1v) is 9.25. The van der Waals surface area contributed by atoms with Gasteiger partial charge in [0.1, 0.15) is 0 Å². The predicted octanol–water partition coefficient (Wildman–Crippen LogP) is 3.18. The summed E-state index contributed by atoms with van der Waals surface area (Å²) in [5.74, 6) is 1.01. The maximum Gasteiger partial charge on any atom is 0.261 e. The fourth-order valence-electron chi connectivity index (χ4n) is 2.68. The van der Waals surface area contributed by atoms with Crippen LogP contribution in [0.4, 0.5) is 0 Å². The minimum atomic E-state index is 0. The van der Waals surface area contributed by atoms with Crippen LogP contribution in [0.3, 0.4) is 0 Å². The molecule has 0 unspecified atom stereocenters. The summed E-state index contributed by atoms with van der Waals surface area (Å²) in [6.07, 6.45) is 2.05. The number of hydrogen-bond acceptors (Lipinski definition) is 3. The van der Waals surface area contributed by atoms with Crippen molar-refractivity contribution in [3.63, 3.8) is 0 Å². The van der Waals surface area contributed by atoms with Crippen LogP contribution in [0.15, 0.2) is 22.5 Å². The molecule has 1 aromatic heterocycles. The number of nitrogens with zero attached hydrogens (tertiary/aromatic N) is 2. The molecule has 0 radical (unpaired) electrons. The van der Waals surface area contributed by atoms with Gasteiger partial charge >= 0.3 is 0 Å². The number of likely N-dealkylation sites (tertiary alicyclic amines) is 1. The molecule has 1 fully saturated rings. The van der Waals surface area contributed by atoms with Gasteiger partial charge in [-0.3, -0.25) is 9.79 Å². The van der Waals surface area contributed by atoms with Crippen molar-refractivity contribution in [3.05, 3.63) is 22.4 Å². The van der Waals surface area contributed by atoms with Crippen molar-refractivity contribution in [2.75, 3.05) is 32.7 Å². The number of carbonyl (C=O) groups excluding carboxylic acids is 1. The summed E-state index contributed by atoms with van der Waals surface area (Å²) in [5.41, 5.74) is 0.366. The second kappa shape index (κ2) is 10.2. The number of thiophene rings is 1. The number of nitrogens with one attached hydrogen (secondary N) is 2. The average Bonchev–Trinajstić information content (AvgIpc) is 3.15. The van der Waals surface area contributed by atoms with Gasteiger partial charge in [-0.05, 0) is 36.6 Å². The van der Waals surface area contributed by atoms with Crippen molar-refractivity contribution in [2.45, 2.75) is 33.6 Å². The smallest absolute Gasteiger partial charge is 0.261 e. The van der Waals surface area contributed by atoms with E-state index in [1.807, 2.05) is 17.5 Å². The van der Waals surface area contributed by atoms with E-state index in [1.54, 1.807) is 0 Å². The fourth-order valence-corrected chi connectivity index (χ4v) is 3.32. The van der Waals surface area contributed by atoms with Crippen LogP contribution in [-0.4, -0.2) is 49.5 Å². The minimum absolute atomic E-state index is 0. The Morgan fingerprint density at radius 2 is 2.21 bits per heavy atom. The SMILES string of the molecule is CCNC(=NCCCNC(=O)c1cccs1)N1CCC(C)(C)C1.I. The molecule has 5 nitrogen and oxygen atoms in total. The molecular formula is C17H29IN4OS. The molecule has 1 aliphatic rings. The Balaban J connectivity index is 0.00000288. The minimum Gasteiger partial charge on any atom is -0.357 e. The Hall–Kier alpha value is -0.830. The van der Waals surface area contributed by atoms with Crippen molar-refractivity contribution in [1.29, 1.82) is 0 Å². The van der Waals surface area contributed by atoms with Crippen LogP contribution in [0.2, 0.25) is 0 Å².